The van der Waals surface area contributed by atoms with Crippen LogP contribution in [0.1, 0.15) is 20.3 Å². The number of nitrogens with zero attached hydrogens (tertiary/aromatic N) is 5. The molecule has 7 nitrogen and oxygen atoms in total. The van der Waals surface area contributed by atoms with Gasteiger partial charge in [0.25, 0.3) is 5.56 Å². The zero-order valence-corrected chi connectivity index (χ0v) is 14.1. The van der Waals surface area contributed by atoms with E-state index in [1.54, 1.807) is 13.4 Å². The Morgan fingerprint density at radius 2 is 2.00 bits per heavy atom. The van der Waals surface area contributed by atoms with Crippen molar-refractivity contribution in [2.75, 3.05) is 13.1 Å². The molecule has 0 saturated heterocycles. The fourth-order valence-electron chi connectivity index (χ4n) is 2.65. The van der Waals surface area contributed by atoms with Gasteiger partial charge in [-0.25, -0.2) is 9.78 Å². The van der Waals surface area contributed by atoms with Gasteiger partial charge in [0.2, 0.25) is 0 Å². The first-order chi connectivity index (χ1) is 10.9. The topological polar surface area (TPSA) is 65.1 Å². The van der Waals surface area contributed by atoms with Crippen LogP contribution in [-0.4, -0.2) is 42.7 Å². The van der Waals surface area contributed by atoms with Gasteiger partial charge in [0.05, 0.1) is 12.9 Å². The molecule has 0 spiro atoms. The van der Waals surface area contributed by atoms with Crippen LogP contribution in [-0.2, 0) is 20.6 Å². The van der Waals surface area contributed by atoms with Gasteiger partial charge in [-0.2, -0.15) is 0 Å². The summed E-state index contributed by atoms with van der Waals surface area (Å²) in [4.78, 5) is 30.7. The molecule has 0 fully saturated rings. The molecule has 0 radical (unpaired) electrons. The van der Waals surface area contributed by atoms with Crippen LogP contribution in [0.25, 0.3) is 11.2 Å². The number of fused-ring (bicyclic) bond motifs is 1. The normalized spacial score (nSPS) is 11.5. The standard InChI is InChI=1S/C16H23N5O2/c1-6-8-20(12(2)3)9-7-10-21-11-17-14-13(21)15(22)19(5)16(23)18(14)4/h1,11-12H,7-10H2,2-5H3. The van der Waals surface area contributed by atoms with Crippen molar-refractivity contribution in [2.24, 2.45) is 14.1 Å². The van der Waals surface area contributed by atoms with Gasteiger partial charge in [-0.15, -0.1) is 6.42 Å². The first kappa shape index (κ1) is 17.0. The number of hydrogen-bond acceptors (Lipinski definition) is 4. The molecule has 0 aromatic carbocycles. The molecule has 0 N–H and O–H groups in total. The second kappa shape index (κ2) is 6.84. The third kappa shape index (κ3) is 3.22. The number of terminal acetylenes is 1. The predicted octanol–water partition coefficient (Wildman–Crippen LogP) is 0.167. The zero-order valence-electron chi connectivity index (χ0n) is 14.1. The Kier molecular flexibility index (Phi) is 5.06. The van der Waals surface area contributed by atoms with Crippen molar-refractivity contribution in [3.05, 3.63) is 27.2 Å². The SMILES string of the molecule is C#CCN(CCCn1cnc2c1c(=O)n(C)c(=O)n2C)C(C)C. The van der Waals surface area contributed by atoms with E-state index in [0.717, 1.165) is 17.5 Å². The van der Waals surface area contributed by atoms with Gasteiger partial charge in [-0.05, 0) is 20.3 Å². The van der Waals surface area contributed by atoms with Gasteiger partial charge in [0.1, 0.15) is 0 Å². The third-order valence-electron chi connectivity index (χ3n) is 4.09. The summed E-state index contributed by atoms with van der Waals surface area (Å²) >= 11 is 0. The van der Waals surface area contributed by atoms with Crippen molar-refractivity contribution < 1.29 is 0 Å². The molecule has 0 aliphatic rings. The van der Waals surface area contributed by atoms with Gasteiger partial charge in [0, 0.05) is 33.2 Å². The largest absolute Gasteiger partial charge is 0.332 e. The van der Waals surface area contributed by atoms with Gasteiger partial charge in [-0.3, -0.25) is 18.8 Å². The van der Waals surface area contributed by atoms with Crippen molar-refractivity contribution >= 4 is 11.2 Å². The Hall–Kier alpha value is -2.33. The van der Waals surface area contributed by atoms with Crippen LogP contribution in [0.2, 0.25) is 0 Å². The molecule has 0 aliphatic heterocycles. The molecular weight excluding hydrogens is 294 g/mol. The first-order valence-corrected chi connectivity index (χ1v) is 7.66. The zero-order chi connectivity index (χ0) is 17.1. The maximum atomic E-state index is 12.3. The van der Waals surface area contributed by atoms with Gasteiger partial charge in [0.15, 0.2) is 11.2 Å². The highest BCUT2D eigenvalue weighted by molar-refractivity contribution is 5.69. The molecule has 2 aromatic heterocycles. The smallest absolute Gasteiger partial charge is 0.325 e. The summed E-state index contributed by atoms with van der Waals surface area (Å²) in [5, 5.41) is 0. The third-order valence-corrected chi connectivity index (χ3v) is 4.09. The average Bonchev–Trinajstić information content (AvgIpc) is 2.94. The van der Waals surface area contributed by atoms with E-state index in [1.165, 1.54) is 11.6 Å². The van der Waals surface area contributed by atoms with Gasteiger partial charge < -0.3 is 4.57 Å². The summed E-state index contributed by atoms with van der Waals surface area (Å²) in [5.41, 5.74) is 0.197. The van der Waals surface area contributed by atoms with Gasteiger partial charge in [-0.1, -0.05) is 5.92 Å². The van der Waals surface area contributed by atoms with E-state index in [0.29, 0.717) is 30.3 Å². The maximum Gasteiger partial charge on any atom is 0.332 e. The molecular formula is C16H23N5O2. The number of rotatable bonds is 6. The molecule has 0 amide bonds. The minimum absolute atomic E-state index is 0.315. The van der Waals surface area contributed by atoms with E-state index < -0.39 is 0 Å². The van der Waals surface area contributed by atoms with Crippen molar-refractivity contribution in [2.45, 2.75) is 32.9 Å². The fourth-order valence-corrected chi connectivity index (χ4v) is 2.65. The molecule has 0 saturated carbocycles. The number of hydrogen-bond donors (Lipinski definition) is 0. The van der Waals surface area contributed by atoms with Crippen LogP contribution >= 0.6 is 0 Å². The van der Waals surface area contributed by atoms with Crippen molar-refractivity contribution in [1.29, 1.82) is 0 Å². The van der Waals surface area contributed by atoms with Crippen LogP contribution in [0.4, 0.5) is 0 Å². The second-order valence-electron chi connectivity index (χ2n) is 5.94. The molecule has 124 valence electrons. The summed E-state index contributed by atoms with van der Waals surface area (Å²) in [6.45, 7) is 6.31. The number of aryl methyl sites for hydroxylation is 2. The summed E-state index contributed by atoms with van der Waals surface area (Å²) in [7, 11) is 3.10. The quantitative estimate of drug-likeness (QED) is 0.712. The van der Waals surface area contributed by atoms with E-state index in [4.69, 9.17) is 6.42 Å². The predicted molar refractivity (Wildman–Crippen MR) is 90.4 cm³/mol. The summed E-state index contributed by atoms with van der Waals surface area (Å²) in [5.74, 6) is 2.67. The van der Waals surface area contributed by atoms with E-state index in [9.17, 15) is 9.59 Å². The summed E-state index contributed by atoms with van der Waals surface area (Å²) in [6.07, 6.45) is 7.85. The molecule has 0 aliphatic carbocycles. The molecule has 0 unspecified atom stereocenters. The Morgan fingerprint density at radius 3 is 2.61 bits per heavy atom. The van der Waals surface area contributed by atoms with E-state index >= 15 is 0 Å². The minimum Gasteiger partial charge on any atom is -0.325 e. The van der Waals surface area contributed by atoms with Crippen molar-refractivity contribution in [3.8, 4) is 12.3 Å². The lowest BCUT2D eigenvalue weighted by molar-refractivity contribution is 0.243. The van der Waals surface area contributed by atoms with Crippen LogP contribution in [0, 0.1) is 12.3 Å². The Bertz CT molecular complexity index is 850. The Labute approximate surface area is 135 Å². The number of imidazole rings is 1. The molecule has 2 aromatic rings. The lowest BCUT2D eigenvalue weighted by atomic mass is 10.3. The highest BCUT2D eigenvalue weighted by Crippen LogP contribution is 2.07. The highest BCUT2D eigenvalue weighted by Gasteiger charge is 2.14. The minimum atomic E-state index is -0.368. The monoisotopic (exact) mass is 317 g/mol. The fraction of sp³-hybridized carbons (Fsp3) is 0.562. The van der Waals surface area contributed by atoms with Crippen LogP contribution < -0.4 is 11.2 Å². The molecule has 7 heteroatoms. The molecule has 2 heterocycles. The molecule has 23 heavy (non-hydrogen) atoms. The Balaban J connectivity index is 2.24. The summed E-state index contributed by atoms with van der Waals surface area (Å²) < 4.78 is 4.32. The van der Waals surface area contributed by atoms with Gasteiger partial charge >= 0.3 is 5.69 Å². The van der Waals surface area contributed by atoms with Crippen molar-refractivity contribution in [3.63, 3.8) is 0 Å². The average molecular weight is 317 g/mol. The highest BCUT2D eigenvalue weighted by atomic mass is 16.2. The molecule has 0 atom stereocenters. The van der Waals surface area contributed by atoms with Crippen LogP contribution in [0.5, 0.6) is 0 Å². The van der Waals surface area contributed by atoms with Crippen LogP contribution in [0.15, 0.2) is 15.9 Å². The molecule has 0 bridgehead atoms. The number of aromatic nitrogens is 4. The van der Waals surface area contributed by atoms with E-state index in [-0.39, 0.29) is 11.2 Å². The lowest BCUT2D eigenvalue weighted by Gasteiger charge is -2.23. The maximum absolute atomic E-state index is 12.3. The summed E-state index contributed by atoms with van der Waals surface area (Å²) in [6, 6.07) is 0.374. The van der Waals surface area contributed by atoms with E-state index in [2.05, 4.69) is 29.7 Å². The first-order valence-electron chi connectivity index (χ1n) is 7.66. The lowest BCUT2D eigenvalue weighted by Crippen LogP contribution is -2.37. The second-order valence-corrected chi connectivity index (χ2v) is 5.94. The Morgan fingerprint density at radius 1 is 1.30 bits per heavy atom. The van der Waals surface area contributed by atoms with E-state index in [1.807, 2.05) is 4.57 Å². The van der Waals surface area contributed by atoms with Crippen LogP contribution in [0.3, 0.4) is 0 Å². The van der Waals surface area contributed by atoms with Crippen molar-refractivity contribution in [1.82, 2.24) is 23.6 Å². The molecule has 2 rings (SSSR count).